The molecule has 0 aliphatic carbocycles. The molecule has 0 aromatic rings. The van der Waals surface area contributed by atoms with Crippen molar-refractivity contribution in [3.05, 3.63) is 0 Å². The number of nitrogens with two attached hydrogens (primary N) is 2. The molecule has 0 aromatic carbocycles. The molecule has 0 radical (unpaired) electrons. The molecule has 60 valence electrons. The Bertz CT molecular complexity index is 164. The van der Waals surface area contributed by atoms with E-state index in [-0.39, 0.29) is 13.0 Å². The van der Waals surface area contributed by atoms with Gasteiger partial charge < -0.3 is 9.63 Å². The van der Waals surface area contributed by atoms with Gasteiger partial charge in [0, 0.05) is 0 Å². The molecule has 0 unspecified atom stereocenters. The SMILES string of the molecule is N=P(N)(N)OCCC(=O)O. The van der Waals surface area contributed by atoms with Crippen molar-refractivity contribution in [2.45, 2.75) is 6.42 Å². The summed E-state index contributed by atoms with van der Waals surface area (Å²) in [5.41, 5.74) is 9.92. The zero-order chi connectivity index (χ0) is 8.20. The van der Waals surface area contributed by atoms with Gasteiger partial charge in [0.25, 0.3) is 0 Å². The summed E-state index contributed by atoms with van der Waals surface area (Å²) in [7, 11) is -2.99. The second-order valence-corrected chi connectivity index (χ2v) is 3.36. The first kappa shape index (κ1) is 9.58. The predicted octanol–water partition coefficient (Wildman–Crippen LogP) is -0.0799. The Morgan fingerprint density at radius 2 is 2.20 bits per heavy atom. The summed E-state index contributed by atoms with van der Waals surface area (Å²) >= 11 is 0. The minimum atomic E-state index is -2.99. The van der Waals surface area contributed by atoms with E-state index in [0.717, 1.165) is 0 Å². The van der Waals surface area contributed by atoms with Gasteiger partial charge in [-0.2, -0.15) is 0 Å². The molecule has 7 heteroatoms. The van der Waals surface area contributed by atoms with E-state index in [9.17, 15) is 4.79 Å². The van der Waals surface area contributed by atoms with Gasteiger partial charge in [0.05, 0.1) is 13.0 Å². The molecule has 0 aliphatic rings. The Labute approximate surface area is 58.2 Å². The van der Waals surface area contributed by atoms with Crippen LogP contribution in [-0.4, -0.2) is 17.7 Å². The number of rotatable bonds is 4. The molecule has 0 aliphatic heterocycles. The molecule has 0 saturated heterocycles. The highest BCUT2D eigenvalue weighted by Crippen LogP contribution is 2.26. The second kappa shape index (κ2) is 3.68. The number of hydrogen-bond acceptors (Lipinski definition) is 3. The van der Waals surface area contributed by atoms with Gasteiger partial charge in [-0.05, 0) is 0 Å². The molecular weight excluding hydrogens is 157 g/mol. The molecule has 0 spiro atoms. The zero-order valence-electron chi connectivity index (χ0n) is 5.28. The largest absolute Gasteiger partial charge is 0.481 e. The molecule has 0 heterocycles. The molecular formula is C3H10N3O3P. The molecule has 6 nitrogen and oxygen atoms in total. The summed E-state index contributed by atoms with van der Waals surface area (Å²) in [6.45, 7) is -0.0976. The minimum absolute atomic E-state index is 0.0976. The lowest BCUT2D eigenvalue weighted by atomic mass is 10.5. The fraction of sp³-hybridized carbons (Fsp3) is 0.667. The monoisotopic (exact) mass is 167 g/mol. The van der Waals surface area contributed by atoms with Gasteiger partial charge in [-0.3, -0.25) is 21.0 Å². The Morgan fingerprint density at radius 3 is 2.50 bits per heavy atom. The highest BCUT2D eigenvalue weighted by atomic mass is 31.2. The predicted molar refractivity (Wildman–Crippen MR) is 36.2 cm³/mol. The average Bonchev–Trinajstić information content (AvgIpc) is 1.59. The smallest absolute Gasteiger partial charge is 0.305 e. The third kappa shape index (κ3) is 7.58. The van der Waals surface area contributed by atoms with E-state index in [0.29, 0.717) is 0 Å². The van der Waals surface area contributed by atoms with E-state index in [2.05, 4.69) is 4.52 Å². The van der Waals surface area contributed by atoms with Crippen molar-refractivity contribution in [1.29, 1.82) is 5.16 Å². The third-order valence-electron chi connectivity index (χ3n) is 0.621. The van der Waals surface area contributed by atoms with Crippen molar-refractivity contribution in [3.63, 3.8) is 0 Å². The maximum atomic E-state index is 9.87. The summed E-state index contributed by atoms with van der Waals surface area (Å²) in [4.78, 5) is 9.87. The number of carbonyl (C=O) groups is 1. The maximum Gasteiger partial charge on any atom is 0.305 e. The van der Waals surface area contributed by atoms with Crippen molar-refractivity contribution in [3.8, 4) is 0 Å². The Balaban J connectivity index is 3.39. The van der Waals surface area contributed by atoms with E-state index in [4.69, 9.17) is 21.3 Å². The van der Waals surface area contributed by atoms with Crippen molar-refractivity contribution >= 4 is 13.6 Å². The van der Waals surface area contributed by atoms with Crippen LogP contribution in [0, 0.1) is 5.16 Å². The van der Waals surface area contributed by atoms with Crippen LogP contribution in [0.15, 0.2) is 0 Å². The molecule has 0 amide bonds. The van der Waals surface area contributed by atoms with Gasteiger partial charge in [0.2, 0.25) is 7.58 Å². The molecule has 10 heavy (non-hydrogen) atoms. The second-order valence-electron chi connectivity index (χ2n) is 1.69. The van der Waals surface area contributed by atoms with Gasteiger partial charge >= 0.3 is 5.97 Å². The standard InChI is InChI=1S/C3H10N3O3P/c4-10(5,6)9-2-1-3(7)8/h1-2H2,(H,7,8)(H5,4,5,6). The highest BCUT2D eigenvalue weighted by molar-refractivity contribution is 7.55. The van der Waals surface area contributed by atoms with Crippen molar-refractivity contribution < 1.29 is 14.4 Å². The van der Waals surface area contributed by atoms with E-state index in [1.54, 1.807) is 0 Å². The highest BCUT2D eigenvalue weighted by Gasteiger charge is 2.04. The van der Waals surface area contributed by atoms with E-state index in [1.165, 1.54) is 0 Å². The summed E-state index contributed by atoms with van der Waals surface area (Å²) in [6, 6.07) is 0. The summed E-state index contributed by atoms with van der Waals surface area (Å²) in [5.74, 6) is -0.992. The number of carboxylic acids is 1. The first-order valence-electron chi connectivity index (χ1n) is 2.49. The van der Waals surface area contributed by atoms with Crippen LogP contribution < -0.4 is 11.0 Å². The number of hydrogen-bond donors (Lipinski definition) is 4. The summed E-state index contributed by atoms with van der Waals surface area (Å²) < 4.78 is 4.49. The number of nitrogens with one attached hydrogen (secondary N) is 1. The molecule has 0 atom stereocenters. The molecule has 0 bridgehead atoms. The van der Waals surface area contributed by atoms with E-state index in [1.807, 2.05) is 0 Å². The fourth-order valence-corrected chi connectivity index (χ4v) is 0.677. The van der Waals surface area contributed by atoms with Gasteiger partial charge in [-0.1, -0.05) is 0 Å². The van der Waals surface area contributed by atoms with Gasteiger partial charge in [0.15, 0.2) is 0 Å². The molecule has 0 aromatic heterocycles. The normalized spacial score (nSPS) is 11.4. The Morgan fingerprint density at radius 1 is 1.70 bits per heavy atom. The number of aliphatic carboxylic acids is 1. The topological polar surface area (TPSA) is 122 Å². The number of carboxylic acid groups (broad SMARTS) is 1. The Kier molecular flexibility index (Phi) is 3.52. The Hall–Kier alpha value is -0.420. The van der Waals surface area contributed by atoms with E-state index < -0.39 is 13.6 Å². The third-order valence-corrected chi connectivity index (χ3v) is 1.23. The molecule has 0 saturated carbocycles. The minimum Gasteiger partial charge on any atom is -0.481 e. The molecule has 6 N–H and O–H groups in total. The average molecular weight is 167 g/mol. The fourth-order valence-electron chi connectivity index (χ4n) is 0.284. The maximum absolute atomic E-state index is 9.87. The van der Waals surface area contributed by atoms with Crippen molar-refractivity contribution in [2.75, 3.05) is 6.61 Å². The lowest BCUT2D eigenvalue weighted by molar-refractivity contribution is -0.137. The van der Waals surface area contributed by atoms with Crippen LogP contribution in [0.2, 0.25) is 0 Å². The van der Waals surface area contributed by atoms with Crippen LogP contribution in [0.4, 0.5) is 0 Å². The molecule has 0 rings (SSSR count). The van der Waals surface area contributed by atoms with E-state index >= 15 is 0 Å². The summed E-state index contributed by atoms with van der Waals surface area (Å²) in [6.07, 6.45) is -0.172. The van der Waals surface area contributed by atoms with Crippen LogP contribution in [-0.2, 0) is 9.32 Å². The van der Waals surface area contributed by atoms with Gasteiger partial charge in [-0.25, -0.2) is 0 Å². The van der Waals surface area contributed by atoms with Crippen LogP contribution in [0.3, 0.4) is 0 Å². The lowest BCUT2D eigenvalue weighted by Gasteiger charge is -2.08. The van der Waals surface area contributed by atoms with Gasteiger partial charge in [0.1, 0.15) is 0 Å². The molecule has 0 fully saturated rings. The van der Waals surface area contributed by atoms with Crippen molar-refractivity contribution in [2.24, 2.45) is 11.0 Å². The lowest BCUT2D eigenvalue weighted by Crippen LogP contribution is -2.10. The first-order valence-corrected chi connectivity index (χ1v) is 4.34. The first-order chi connectivity index (χ1) is 4.42. The zero-order valence-corrected chi connectivity index (χ0v) is 6.17. The van der Waals surface area contributed by atoms with Gasteiger partial charge in [-0.15, -0.1) is 0 Å². The van der Waals surface area contributed by atoms with Crippen LogP contribution in [0.25, 0.3) is 0 Å². The summed E-state index contributed by atoms with van der Waals surface area (Å²) in [5, 5.41) is 14.9. The van der Waals surface area contributed by atoms with Crippen LogP contribution >= 0.6 is 7.58 Å². The van der Waals surface area contributed by atoms with Crippen LogP contribution in [0.5, 0.6) is 0 Å². The van der Waals surface area contributed by atoms with Crippen molar-refractivity contribution in [1.82, 2.24) is 0 Å². The quantitative estimate of drug-likeness (QED) is 0.436. The van der Waals surface area contributed by atoms with Crippen LogP contribution in [0.1, 0.15) is 6.42 Å².